The lowest BCUT2D eigenvalue weighted by atomic mass is 9.96. The fraction of sp³-hybridized carbons (Fsp3) is 0.200. The Morgan fingerprint density at radius 1 is 0.812 bits per heavy atom. The number of alkyl halides is 1. The van der Waals surface area contributed by atoms with Crippen LogP contribution in [0.2, 0.25) is 0 Å². The van der Waals surface area contributed by atoms with Crippen molar-refractivity contribution in [3.05, 3.63) is 70.8 Å². The van der Waals surface area contributed by atoms with Crippen molar-refractivity contribution in [3.8, 4) is 0 Å². The Morgan fingerprint density at radius 3 is 1.94 bits per heavy atom. The van der Waals surface area contributed by atoms with Gasteiger partial charge in [-0.1, -0.05) is 48.5 Å². The molecule has 16 heavy (non-hydrogen) atoms. The van der Waals surface area contributed by atoms with Crippen LogP contribution in [0.5, 0.6) is 0 Å². The lowest BCUT2D eigenvalue weighted by Crippen LogP contribution is -1.99. The fourth-order valence-electron chi connectivity index (χ4n) is 2.02. The van der Waals surface area contributed by atoms with Crippen molar-refractivity contribution in [2.24, 2.45) is 0 Å². The molecule has 0 aliphatic rings. The van der Waals surface area contributed by atoms with Crippen LogP contribution in [-0.4, -0.2) is 0 Å². The molecular formula is C15H15Cl. The van der Waals surface area contributed by atoms with Crippen molar-refractivity contribution in [1.82, 2.24) is 0 Å². The van der Waals surface area contributed by atoms with Gasteiger partial charge in [-0.2, -0.15) is 0 Å². The Bertz CT molecular complexity index is 454. The van der Waals surface area contributed by atoms with Gasteiger partial charge < -0.3 is 0 Å². The predicted molar refractivity (Wildman–Crippen MR) is 70.1 cm³/mol. The van der Waals surface area contributed by atoms with Crippen LogP contribution in [-0.2, 0) is 0 Å². The molecule has 1 atom stereocenters. The van der Waals surface area contributed by atoms with Crippen molar-refractivity contribution in [2.75, 3.05) is 0 Å². The lowest BCUT2D eigenvalue weighted by Gasteiger charge is -2.15. The van der Waals surface area contributed by atoms with E-state index in [-0.39, 0.29) is 5.38 Å². The first kappa shape index (κ1) is 11.2. The minimum absolute atomic E-state index is 0.0533. The number of halogens is 1. The molecule has 0 spiro atoms. The van der Waals surface area contributed by atoms with E-state index in [1.54, 1.807) is 0 Å². The molecule has 0 nitrogen and oxygen atoms in total. The molecule has 2 rings (SSSR count). The molecule has 0 aromatic heterocycles. The molecule has 0 saturated carbocycles. The van der Waals surface area contributed by atoms with Gasteiger partial charge >= 0.3 is 0 Å². The summed E-state index contributed by atoms with van der Waals surface area (Å²) in [7, 11) is 0. The standard InChI is InChI=1S/C15H15Cl/c1-11-7-6-8-12(2)14(11)15(16)13-9-4-3-5-10-13/h3-10,15H,1-2H3/t15-/m1/s1. The molecule has 0 bridgehead atoms. The van der Waals surface area contributed by atoms with Gasteiger partial charge in [0.05, 0.1) is 5.38 Å². The minimum Gasteiger partial charge on any atom is -0.113 e. The van der Waals surface area contributed by atoms with Gasteiger partial charge in [0, 0.05) is 0 Å². The number of hydrogen-bond donors (Lipinski definition) is 0. The first-order valence-electron chi connectivity index (χ1n) is 5.45. The Balaban J connectivity index is 2.46. The van der Waals surface area contributed by atoms with Crippen molar-refractivity contribution in [3.63, 3.8) is 0 Å². The maximum atomic E-state index is 6.54. The van der Waals surface area contributed by atoms with E-state index in [9.17, 15) is 0 Å². The second kappa shape index (κ2) is 4.71. The van der Waals surface area contributed by atoms with Crippen LogP contribution < -0.4 is 0 Å². The van der Waals surface area contributed by atoms with Crippen molar-refractivity contribution in [1.29, 1.82) is 0 Å². The topological polar surface area (TPSA) is 0 Å². The molecule has 0 heterocycles. The summed E-state index contributed by atoms with van der Waals surface area (Å²) in [5.41, 5.74) is 4.89. The summed E-state index contributed by atoms with van der Waals surface area (Å²) >= 11 is 6.54. The third kappa shape index (κ3) is 2.12. The summed E-state index contributed by atoms with van der Waals surface area (Å²) < 4.78 is 0. The van der Waals surface area contributed by atoms with E-state index in [4.69, 9.17) is 11.6 Å². The zero-order valence-electron chi connectivity index (χ0n) is 9.57. The molecule has 82 valence electrons. The zero-order valence-corrected chi connectivity index (χ0v) is 10.3. The second-order valence-corrected chi connectivity index (χ2v) is 4.52. The van der Waals surface area contributed by atoms with E-state index >= 15 is 0 Å². The first-order valence-corrected chi connectivity index (χ1v) is 5.89. The van der Waals surface area contributed by atoms with Crippen molar-refractivity contribution >= 4 is 11.6 Å². The molecule has 0 aliphatic carbocycles. The third-order valence-electron chi connectivity index (χ3n) is 2.89. The highest BCUT2D eigenvalue weighted by Crippen LogP contribution is 2.32. The predicted octanol–water partition coefficient (Wildman–Crippen LogP) is 4.63. The summed E-state index contributed by atoms with van der Waals surface area (Å²) in [6.07, 6.45) is 0. The largest absolute Gasteiger partial charge is 0.113 e. The van der Waals surface area contributed by atoms with E-state index in [1.165, 1.54) is 16.7 Å². The van der Waals surface area contributed by atoms with E-state index in [2.05, 4.69) is 44.2 Å². The van der Waals surface area contributed by atoms with Crippen LogP contribution in [0.25, 0.3) is 0 Å². The zero-order chi connectivity index (χ0) is 11.5. The second-order valence-electron chi connectivity index (χ2n) is 4.08. The highest BCUT2D eigenvalue weighted by Gasteiger charge is 2.14. The monoisotopic (exact) mass is 230 g/mol. The molecule has 0 N–H and O–H groups in total. The summed E-state index contributed by atoms with van der Waals surface area (Å²) in [5.74, 6) is 0. The van der Waals surface area contributed by atoms with Gasteiger partial charge in [0.15, 0.2) is 0 Å². The molecule has 0 fully saturated rings. The van der Waals surface area contributed by atoms with Crippen molar-refractivity contribution in [2.45, 2.75) is 19.2 Å². The molecule has 1 heteroatoms. The minimum atomic E-state index is -0.0533. The SMILES string of the molecule is Cc1cccc(C)c1[C@H](Cl)c1ccccc1. The first-order chi connectivity index (χ1) is 7.70. The highest BCUT2D eigenvalue weighted by molar-refractivity contribution is 6.22. The van der Waals surface area contributed by atoms with Gasteiger partial charge in [0.2, 0.25) is 0 Å². The molecular weight excluding hydrogens is 216 g/mol. The van der Waals surface area contributed by atoms with E-state index in [0.717, 1.165) is 5.56 Å². The smallest absolute Gasteiger partial charge is 0.0840 e. The third-order valence-corrected chi connectivity index (χ3v) is 3.36. The van der Waals surface area contributed by atoms with Crippen LogP contribution in [0.1, 0.15) is 27.6 Å². The number of rotatable bonds is 2. The molecule has 2 aromatic rings. The van der Waals surface area contributed by atoms with Gasteiger partial charge in [0.1, 0.15) is 0 Å². The van der Waals surface area contributed by atoms with Gasteiger partial charge in [-0.25, -0.2) is 0 Å². The van der Waals surface area contributed by atoms with Crippen LogP contribution in [0.4, 0.5) is 0 Å². The molecule has 0 radical (unpaired) electrons. The van der Waals surface area contributed by atoms with Crippen LogP contribution >= 0.6 is 11.6 Å². The molecule has 0 amide bonds. The summed E-state index contributed by atoms with van der Waals surface area (Å²) in [6.45, 7) is 4.22. The van der Waals surface area contributed by atoms with E-state index in [1.807, 2.05) is 18.2 Å². The molecule has 0 unspecified atom stereocenters. The normalized spacial score (nSPS) is 12.4. The number of benzene rings is 2. The van der Waals surface area contributed by atoms with Crippen LogP contribution in [0.15, 0.2) is 48.5 Å². The van der Waals surface area contributed by atoms with Crippen LogP contribution in [0.3, 0.4) is 0 Å². The average molecular weight is 231 g/mol. The van der Waals surface area contributed by atoms with Gasteiger partial charge in [-0.15, -0.1) is 11.6 Å². The van der Waals surface area contributed by atoms with E-state index < -0.39 is 0 Å². The van der Waals surface area contributed by atoms with Gasteiger partial charge in [-0.05, 0) is 36.1 Å². The van der Waals surface area contributed by atoms with E-state index in [0.29, 0.717) is 0 Å². The average Bonchev–Trinajstić information content (AvgIpc) is 2.30. The summed E-state index contributed by atoms with van der Waals surface area (Å²) in [6, 6.07) is 16.5. The molecule has 0 aliphatic heterocycles. The van der Waals surface area contributed by atoms with Gasteiger partial charge in [-0.3, -0.25) is 0 Å². The highest BCUT2D eigenvalue weighted by atomic mass is 35.5. The lowest BCUT2D eigenvalue weighted by molar-refractivity contribution is 1.08. The Morgan fingerprint density at radius 2 is 1.38 bits per heavy atom. The quantitative estimate of drug-likeness (QED) is 0.660. The van der Waals surface area contributed by atoms with Crippen molar-refractivity contribution < 1.29 is 0 Å². The maximum absolute atomic E-state index is 6.54. The van der Waals surface area contributed by atoms with Gasteiger partial charge in [0.25, 0.3) is 0 Å². The number of hydrogen-bond acceptors (Lipinski definition) is 0. The fourth-order valence-corrected chi connectivity index (χ4v) is 2.51. The number of aryl methyl sites for hydroxylation is 2. The molecule has 2 aromatic carbocycles. The Kier molecular flexibility index (Phi) is 3.31. The Hall–Kier alpha value is -1.27. The Labute approximate surface area is 102 Å². The maximum Gasteiger partial charge on any atom is 0.0840 e. The van der Waals surface area contributed by atoms with Crippen LogP contribution in [0, 0.1) is 13.8 Å². The summed E-state index contributed by atoms with van der Waals surface area (Å²) in [4.78, 5) is 0. The molecule has 0 saturated heterocycles. The summed E-state index contributed by atoms with van der Waals surface area (Å²) in [5, 5.41) is -0.0533.